The molecule has 20 heavy (non-hydrogen) atoms. The van der Waals surface area contributed by atoms with Gasteiger partial charge in [0.25, 0.3) is 0 Å². The highest BCUT2D eigenvalue weighted by atomic mass is 79.9. The first-order valence-corrected chi connectivity index (χ1v) is 7.64. The Morgan fingerprint density at radius 2 is 2.10 bits per heavy atom. The molecule has 0 bridgehead atoms. The van der Waals surface area contributed by atoms with Crippen molar-refractivity contribution in [3.63, 3.8) is 0 Å². The van der Waals surface area contributed by atoms with Crippen LogP contribution in [0.2, 0.25) is 0 Å². The number of nitrogens with zero attached hydrogens (tertiary/aromatic N) is 3. The van der Waals surface area contributed by atoms with Crippen molar-refractivity contribution in [1.29, 1.82) is 0 Å². The van der Waals surface area contributed by atoms with E-state index < -0.39 is 0 Å². The maximum atomic E-state index is 4.67. The second kappa shape index (κ2) is 6.79. The van der Waals surface area contributed by atoms with Crippen LogP contribution in [0.15, 0.2) is 29.0 Å². The number of anilines is 1. The molecular formula is C15H19BrN4. The SMILES string of the molecule is CCCNc1nc(-c2cccnc2)nc(C(C)C)c1Br. The molecule has 0 amide bonds. The summed E-state index contributed by atoms with van der Waals surface area (Å²) in [7, 11) is 0. The first-order valence-electron chi connectivity index (χ1n) is 6.85. The first kappa shape index (κ1) is 14.9. The van der Waals surface area contributed by atoms with Crippen LogP contribution < -0.4 is 5.32 Å². The van der Waals surface area contributed by atoms with E-state index in [9.17, 15) is 0 Å². The number of hydrogen-bond acceptors (Lipinski definition) is 4. The molecule has 0 saturated heterocycles. The Hall–Kier alpha value is -1.49. The highest BCUT2D eigenvalue weighted by Crippen LogP contribution is 2.31. The van der Waals surface area contributed by atoms with Gasteiger partial charge in [-0.15, -0.1) is 0 Å². The summed E-state index contributed by atoms with van der Waals surface area (Å²) in [4.78, 5) is 13.4. The number of aromatic nitrogens is 3. The quantitative estimate of drug-likeness (QED) is 0.888. The molecule has 1 N–H and O–H groups in total. The van der Waals surface area contributed by atoms with Crippen molar-refractivity contribution in [2.45, 2.75) is 33.1 Å². The van der Waals surface area contributed by atoms with Gasteiger partial charge in [-0.1, -0.05) is 20.8 Å². The standard InChI is InChI=1S/C15H19BrN4/c1-4-7-18-15-12(16)13(10(2)3)19-14(20-15)11-6-5-8-17-9-11/h5-6,8-10H,4,7H2,1-3H3,(H,18,19,20). The van der Waals surface area contributed by atoms with Gasteiger partial charge in [-0.25, -0.2) is 9.97 Å². The fourth-order valence-electron chi connectivity index (χ4n) is 1.83. The summed E-state index contributed by atoms with van der Waals surface area (Å²) < 4.78 is 0.952. The topological polar surface area (TPSA) is 50.7 Å². The van der Waals surface area contributed by atoms with E-state index in [1.807, 2.05) is 12.1 Å². The Morgan fingerprint density at radius 3 is 2.70 bits per heavy atom. The minimum atomic E-state index is 0.324. The van der Waals surface area contributed by atoms with Crippen LogP contribution in [0, 0.1) is 0 Å². The summed E-state index contributed by atoms with van der Waals surface area (Å²) in [5, 5.41) is 3.35. The third-order valence-electron chi connectivity index (χ3n) is 2.89. The van der Waals surface area contributed by atoms with Gasteiger partial charge in [-0.3, -0.25) is 4.98 Å². The van der Waals surface area contributed by atoms with Gasteiger partial charge in [-0.05, 0) is 40.4 Å². The van der Waals surface area contributed by atoms with Crippen LogP contribution in [-0.4, -0.2) is 21.5 Å². The van der Waals surface area contributed by atoms with Gasteiger partial charge in [-0.2, -0.15) is 0 Å². The molecule has 4 nitrogen and oxygen atoms in total. The molecule has 2 rings (SSSR count). The number of rotatable bonds is 5. The van der Waals surface area contributed by atoms with Crippen molar-refractivity contribution in [1.82, 2.24) is 15.0 Å². The lowest BCUT2D eigenvalue weighted by Gasteiger charge is -2.14. The van der Waals surface area contributed by atoms with Crippen molar-refractivity contribution in [3.05, 3.63) is 34.7 Å². The van der Waals surface area contributed by atoms with E-state index in [-0.39, 0.29) is 0 Å². The molecule has 0 aliphatic rings. The maximum absolute atomic E-state index is 4.67. The third-order valence-corrected chi connectivity index (χ3v) is 3.67. The number of pyridine rings is 1. The normalized spacial score (nSPS) is 10.8. The molecule has 0 fully saturated rings. The first-order chi connectivity index (χ1) is 9.63. The van der Waals surface area contributed by atoms with Crippen LogP contribution in [0.25, 0.3) is 11.4 Å². The van der Waals surface area contributed by atoms with E-state index in [0.29, 0.717) is 11.7 Å². The molecule has 0 saturated carbocycles. The number of hydrogen-bond donors (Lipinski definition) is 1. The molecule has 2 aromatic heterocycles. The van der Waals surface area contributed by atoms with Crippen LogP contribution in [0.4, 0.5) is 5.82 Å². The van der Waals surface area contributed by atoms with Crippen molar-refractivity contribution in [2.75, 3.05) is 11.9 Å². The van der Waals surface area contributed by atoms with Gasteiger partial charge < -0.3 is 5.32 Å². The van der Waals surface area contributed by atoms with E-state index in [0.717, 1.165) is 34.5 Å². The van der Waals surface area contributed by atoms with Crippen LogP contribution in [0.3, 0.4) is 0 Å². The van der Waals surface area contributed by atoms with Gasteiger partial charge in [0.1, 0.15) is 5.82 Å². The largest absolute Gasteiger partial charge is 0.369 e. The molecule has 0 aromatic carbocycles. The Morgan fingerprint density at radius 1 is 1.30 bits per heavy atom. The lowest BCUT2D eigenvalue weighted by Crippen LogP contribution is -2.08. The Bertz CT molecular complexity index is 570. The monoisotopic (exact) mass is 334 g/mol. The van der Waals surface area contributed by atoms with E-state index >= 15 is 0 Å². The van der Waals surface area contributed by atoms with Gasteiger partial charge in [0, 0.05) is 24.5 Å². The fourth-order valence-corrected chi connectivity index (χ4v) is 2.61. The Balaban J connectivity index is 2.50. The van der Waals surface area contributed by atoms with Gasteiger partial charge in [0.2, 0.25) is 0 Å². The molecule has 0 aliphatic heterocycles. The summed E-state index contributed by atoms with van der Waals surface area (Å²) in [6.07, 6.45) is 4.59. The predicted octanol–water partition coefficient (Wildman–Crippen LogP) is 4.25. The zero-order chi connectivity index (χ0) is 14.5. The van der Waals surface area contributed by atoms with Gasteiger partial charge in [0.05, 0.1) is 10.2 Å². The van der Waals surface area contributed by atoms with Crippen LogP contribution >= 0.6 is 15.9 Å². The van der Waals surface area contributed by atoms with Crippen molar-refractivity contribution < 1.29 is 0 Å². The average Bonchev–Trinajstić information content (AvgIpc) is 2.46. The van der Waals surface area contributed by atoms with Gasteiger partial charge in [0.15, 0.2) is 5.82 Å². The lowest BCUT2D eigenvalue weighted by molar-refractivity contribution is 0.808. The lowest BCUT2D eigenvalue weighted by atomic mass is 10.1. The maximum Gasteiger partial charge on any atom is 0.163 e. The Labute approximate surface area is 128 Å². The highest BCUT2D eigenvalue weighted by molar-refractivity contribution is 9.10. The van der Waals surface area contributed by atoms with Crippen LogP contribution in [0.5, 0.6) is 0 Å². The summed E-state index contributed by atoms with van der Waals surface area (Å²) >= 11 is 3.62. The van der Waals surface area contributed by atoms with Crippen molar-refractivity contribution >= 4 is 21.7 Å². The van der Waals surface area contributed by atoms with Crippen molar-refractivity contribution in [3.8, 4) is 11.4 Å². The summed E-state index contributed by atoms with van der Waals surface area (Å²) in [5.41, 5.74) is 1.94. The molecule has 2 aromatic rings. The van der Waals surface area contributed by atoms with Crippen LogP contribution in [-0.2, 0) is 0 Å². The second-order valence-corrected chi connectivity index (χ2v) is 5.71. The number of nitrogens with one attached hydrogen (secondary N) is 1. The van der Waals surface area contributed by atoms with E-state index in [1.165, 1.54) is 0 Å². The molecule has 0 aliphatic carbocycles. The number of halogens is 1. The predicted molar refractivity (Wildman–Crippen MR) is 85.8 cm³/mol. The molecule has 5 heteroatoms. The summed E-state index contributed by atoms with van der Waals surface area (Å²) in [6.45, 7) is 7.28. The minimum Gasteiger partial charge on any atom is -0.369 e. The molecule has 106 valence electrons. The van der Waals surface area contributed by atoms with E-state index in [4.69, 9.17) is 0 Å². The molecule has 0 atom stereocenters. The minimum absolute atomic E-state index is 0.324. The molecule has 0 unspecified atom stereocenters. The third kappa shape index (κ3) is 3.33. The van der Waals surface area contributed by atoms with Crippen molar-refractivity contribution in [2.24, 2.45) is 0 Å². The molecule has 2 heterocycles. The molecule has 0 spiro atoms. The molecule has 0 radical (unpaired) electrons. The second-order valence-electron chi connectivity index (χ2n) is 4.92. The summed E-state index contributed by atoms with van der Waals surface area (Å²) in [6, 6.07) is 3.87. The zero-order valence-corrected chi connectivity index (χ0v) is 13.6. The van der Waals surface area contributed by atoms with E-state index in [1.54, 1.807) is 12.4 Å². The molecular weight excluding hydrogens is 316 g/mol. The van der Waals surface area contributed by atoms with E-state index in [2.05, 4.69) is 57.0 Å². The zero-order valence-electron chi connectivity index (χ0n) is 12.0. The fraction of sp³-hybridized carbons (Fsp3) is 0.400. The van der Waals surface area contributed by atoms with Gasteiger partial charge >= 0.3 is 0 Å². The van der Waals surface area contributed by atoms with Crippen LogP contribution in [0.1, 0.15) is 38.8 Å². The smallest absolute Gasteiger partial charge is 0.163 e. The summed E-state index contributed by atoms with van der Waals surface area (Å²) in [5.74, 6) is 1.89. The highest BCUT2D eigenvalue weighted by Gasteiger charge is 2.15. The Kier molecular flexibility index (Phi) is 5.06. The average molecular weight is 335 g/mol.